The molecule has 0 spiro atoms. The minimum absolute atomic E-state index is 0.168. The standard InChI is InChI=1S/C28H32IN3O4S/c1-3-18-30-28(34)26(19-22-10-6-4-7-11-22)31(20-23-12-8-5-9-13-23)27(33)21-32(37(2,35)36)25-16-14-24(29)15-17-25/h4-17,26H,3,18-21H2,1-2H3,(H,30,34)/t26-/m1/s1. The second kappa shape index (κ2) is 13.6. The molecule has 0 fully saturated rings. The first-order chi connectivity index (χ1) is 17.7. The number of nitrogens with one attached hydrogen (secondary N) is 1. The van der Waals surface area contributed by atoms with Crippen LogP contribution in [0.3, 0.4) is 0 Å². The van der Waals surface area contributed by atoms with E-state index in [4.69, 9.17) is 0 Å². The Morgan fingerprint density at radius 1 is 0.892 bits per heavy atom. The molecule has 7 nitrogen and oxygen atoms in total. The van der Waals surface area contributed by atoms with Gasteiger partial charge in [-0.3, -0.25) is 13.9 Å². The van der Waals surface area contributed by atoms with Crippen molar-refractivity contribution in [2.24, 2.45) is 0 Å². The zero-order valence-corrected chi connectivity index (χ0v) is 24.0. The molecule has 0 saturated carbocycles. The lowest BCUT2D eigenvalue weighted by Crippen LogP contribution is -2.53. The Bertz CT molecular complexity index is 1270. The average Bonchev–Trinajstić information content (AvgIpc) is 2.89. The molecule has 0 bridgehead atoms. The molecule has 0 heterocycles. The summed E-state index contributed by atoms with van der Waals surface area (Å²) in [6.07, 6.45) is 2.14. The molecule has 1 atom stereocenters. The molecule has 1 N–H and O–H groups in total. The van der Waals surface area contributed by atoms with Crippen LogP contribution in [0.15, 0.2) is 84.9 Å². The predicted octanol–water partition coefficient (Wildman–Crippen LogP) is 4.22. The van der Waals surface area contributed by atoms with Crippen molar-refractivity contribution in [3.8, 4) is 0 Å². The number of carbonyl (C=O) groups excluding carboxylic acids is 2. The number of anilines is 1. The summed E-state index contributed by atoms with van der Waals surface area (Å²) in [6.45, 7) is 2.19. The molecule has 0 saturated heterocycles. The summed E-state index contributed by atoms with van der Waals surface area (Å²) in [5, 5.41) is 2.93. The molecule has 0 aliphatic rings. The van der Waals surface area contributed by atoms with Crippen molar-refractivity contribution in [3.63, 3.8) is 0 Å². The summed E-state index contributed by atoms with van der Waals surface area (Å²) < 4.78 is 27.5. The first-order valence-electron chi connectivity index (χ1n) is 12.1. The van der Waals surface area contributed by atoms with E-state index in [2.05, 4.69) is 27.9 Å². The van der Waals surface area contributed by atoms with E-state index in [-0.39, 0.29) is 12.5 Å². The fourth-order valence-corrected chi connectivity index (χ4v) is 5.13. The van der Waals surface area contributed by atoms with E-state index in [9.17, 15) is 18.0 Å². The molecule has 0 aromatic heterocycles. The van der Waals surface area contributed by atoms with Gasteiger partial charge in [0.15, 0.2) is 0 Å². The van der Waals surface area contributed by atoms with Crippen LogP contribution in [0.5, 0.6) is 0 Å². The molecule has 196 valence electrons. The van der Waals surface area contributed by atoms with Gasteiger partial charge in [-0.15, -0.1) is 0 Å². The van der Waals surface area contributed by atoms with E-state index in [1.807, 2.05) is 67.6 Å². The number of benzene rings is 3. The van der Waals surface area contributed by atoms with Crippen LogP contribution >= 0.6 is 22.6 Å². The molecule has 0 aliphatic heterocycles. The fourth-order valence-electron chi connectivity index (χ4n) is 3.92. The Kier molecular flexibility index (Phi) is 10.5. The van der Waals surface area contributed by atoms with Crippen LogP contribution in [-0.2, 0) is 32.6 Å². The molecule has 2 amide bonds. The monoisotopic (exact) mass is 633 g/mol. The SMILES string of the molecule is CCCNC(=O)[C@@H](Cc1ccccc1)N(Cc1ccccc1)C(=O)CN(c1ccc(I)cc1)S(C)(=O)=O. The fraction of sp³-hybridized carbons (Fsp3) is 0.286. The highest BCUT2D eigenvalue weighted by Gasteiger charge is 2.32. The zero-order valence-electron chi connectivity index (χ0n) is 21.0. The Morgan fingerprint density at radius 2 is 1.46 bits per heavy atom. The third-order valence-electron chi connectivity index (χ3n) is 5.81. The summed E-state index contributed by atoms with van der Waals surface area (Å²) in [5.74, 6) is -0.726. The molecule has 0 unspecified atom stereocenters. The van der Waals surface area contributed by atoms with Crippen molar-refractivity contribution in [2.75, 3.05) is 23.7 Å². The van der Waals surface area contributed by atoms with Gasteiger partial charge in [-0.1, -0.05) is 67.6 Å². The summed E-state index contributed by atoms with van der Waals surface area (Å²) in [6, 6.07) is 25.0. The Hall–Kier alpha value is -2.92. The van der Waals surface area contributed by atoms with Crippen molar-refractivity contribution >= 4 is 50.1 Å². The molecule has 37 heavy (non-hydrogen) atoms. The number of hydrogen-bond donors (Lipinski definition) is 1. The van der Waals surface area contributed by atoms with Crippen molar-refractivity contribution in [1.29, 1.82) is 0 Å². The number of amides is 2. The van der Waals surface area contributed by atoms with Crippen LogP contribution in [0, 0.1) is 3.57 Å². The van der Waals surface area contributed by atoms with Crippen LogP contribution in [0.4, 0.5) is 5.69 Å². The maximum atomic E-state index is 13.9. The molecule has 3 rings (SSSR count). The molecular weight excluding hydrogens is 601 g/mol. The summed E-state index contributed by atoms with van der Waals surface area (Å²) in [4.78, 5) is 28.8. The van der Waals surface area contributed by atoms with Crippen LogP contribution < -0.4 is 9.62 Å². The van der Waals surface area contributed by atoms with Gasteiger partial charge in [0.2, 0.25) is 21.8 Å². The zero-order chi connectivity index (χ0) is 26.8. The Labute approximate surface area is 233 Å². The number of sulfonamides is 1. The van der Waals surface area contributed by atoms with E-state index < -0.39 is 28.5 Å². The van der Waals surface area contributed by atoms with Crippen molar-refractivity contribution < 1.29 is 18.0 Å². The average molecular weight is 634 g/mol. The molecule has 0 aliphatic carbocycles. The number of rotatable bonds is 12. The van der Waals surface area contributed by atoms with Crippen LogP contribution in [0.1, 0.15) is 24.5 Å². The summed E-state index contributed by atoms with van der Waals surface area (Å²) in [5.41, 5.74) is 2.14. The minimum Gasteiger partial charge on any atom is -0.354 e. The lowest BCUT2D eigenvalue weighted by atomic mass is 10.0. The van der Waals surface area contributed by atoms with Crippen LogP contribution in [-0.4, -0.2) is 50.5 Å². The number of halogens is 1. The first kappa shape index (κ1) is 28.6. The van der Waals surface area contributed by atoms with E-state index in [0.29, 0.717) is 18.7 Å². The van der Waals surface area contributed by atoms with E-state index in [1.54, 1.807) is 24.3 Å². The number of carbonyl (C=O) groups is 2. The predicted molar refractivity (Wildman–Crippen MR) is 156 cm³/mol. The highest BCUT2D eigenvalue weighted by atomic mass is 127. The molecule has 9 heteroatoms. The highest BCUT2D eigenvalue weighted by Crippen LogP contribution is 2.21. The van der Waals surface area contributed by atoms with Gasteiger partial charge in [0.25, 0.3) is 0 Å². The second-order valence-corrected chi connectivity index (χ2v) is 11.9. The number of nitrogens with zero attached hydrogens (tertiary/aromatic N) is 2. The molecular formula is C28H32IN3O4S. The smallest absolute Gasteiger partial charge is 0.244 e. The van der Waals surface area contributed by atoms with Crippen molar-refractivity contribution in [2.45, 2.75) is 32.4 Å². The Balaban J connectivity index is 2.01. The third kappa shape index (κ3) is 8.57. The summed E-state index contributed by atoms with van der Waals surface area (Å²) >= 11 is 2.14. The van der Waals surface area contributed by atoms with Gasteiger partial charge < -0.3 is 10.2 Å². The number of hydrogen-bond acceptors (Lipinski definition) is 4. The van der Waals surface area contributed by atoms with Crippen molar-refractivity contribution in [1.82, 2.24) is 10.2 Å². The first-order valence-corrected chi connectivity index (χ1v) is 15.0. The maximum Gasteiger partial charge on any atom is 0.244 e. The largest absolute Gasteiger partial charge is 0.354 e. The lowest BCUT2D eigenvalue weighted by molar-refractivity contribution is -0.140. The third-order valence-corrected chi connectivity index (χ3v) is 7.67. The summed E-state index contributed by atoms with van der Waals surface area (Å²) in [7, 11) is -3.77. The molecule has 3 aromatic rings. The normalized spacial score (nSPS) is 12.0. The van der Waals surface area contributed by atoms with Crippen LogP contribution in [0.2, 0.25) is 0 Å². The van der Waals surface area contributed by atoms with Gasteiger partial charge in [-0.25, -0.2) is 8.42 Å². The lowest BCUT2D eigenvalue weighted by Gasteiger charge is -2.33. The maximum absolute atomic E-state index is 13.9. The van der Waals surface area contributed by atoms with Gasteiger partial charge in [0.1, 0.15) is 12.6 Å². The van der Waals surface area contributed by atoms with Gasteiger partial charge in [0, 0.05) is 23.1 Å². The van der Waals surface area contributed by atoms with Crippen molar-refractivity contribution in [3.05, 3.63) is 99.6 Å². The van der Waals surface area contributed by atoms with Gasteiger partial charge >= 0.3 is 0 Å². The van der Waals surface area contributed by atoms with E-state index in [1.165, 1.54) is 4.90 Å². The molecule has 0 radical (unpaired) electrons. The minimum atomic E-state index is -3.77. The van der Waals surface area contributed by atoms with Gasteiger partial charge in [-0.2, -0.15) is 0 Å². The quantitative estimate of drug-likeness (QED) is 0.303. The van der Waals surface area contributed by atoms with Gasteiger partial charge in [-0.05, 0) is 64.4 Å². The van der Waals surface area contributed by atoms with E-state index >= 15 is 0 Å². The Morgan fingerprint density at radius 3 is 2.00 bits per heavy atom. The topological polar surface area (TPSA) is 86.8 Å². The van der Waals surface area contributed by atoms with Crippen LogP contribution in [0.25, 0.3) is 0 Å². The van der Waals surface area contributed by atoms with Gasteiger partial charge in [0.05, 0.1) is 11.9 Å². The second-order valence-electron chi connectivity index (χ2n) is 8.75. The highest BCUT2D eigenvalue weighted by molar-refractivity contribution is 14.1. The van der Waals surface area contributed by atoms with E-state index in [0.717, 1.165) is 31.7 Å². The molecule has 3 aromatic carbocycles.